The van der Waals surface area contributed by atoms with Gasteiger partial charge >= 0.3 is 0 Å². The quantitative estimate of drug-likeness (QED) is 0.922. The van der Waals surface area contributed by atoms with Crippen molar-refractivity contribution in [1.29, 1.82) is 0 Å². The highest BCUT2D eigenvalue weighted by Crippen LogP contribution is 2.21. The lowest BCUT2D eigenvalue weighted by molar-refractivity contribution is -0.121. The van der Waals surface area contributed by atoms with Crippen LogP contribution >= 0.6 is 0 Å². The number of benzene rings is 1. The number of carbonyl (C=O) groups excluding carboxylic acids is 1. The monoisotopic (exact) mass is 297 g/mol. The molecule has 1 heterocycles. The first-order valence-corrected chi connectivity index (χ1v) is 8.08. The Morgan fingerprint density at radius 1 is 1.23 bits per heavy atom. The van der Waals surface area contributed by atoms with Gasteiger partial charge < -0.3 is 9.88 Å². The molecule has 0 saturated heterocycles. The van der Waals surface area contributed by atoms with Gasteiger partial charge in [-0.15, -0.1) is 0 Å². The minimum absolute atomic E-state index is 0.0878. The van der Waals surface area contributed by atoms with Crippen LogP contribution in [0.1, 0.15) is 42.0 Å². The number of fused-ring (bicyclic) bond motifs is 1. The third-order valence-electron chi connectivity index (χ3n) is 4.39. The van der Waals surface area contributed by atoms with Gasteiger partial charge in [-0.3, -0.25) is 4.79 Å². The van der Waals surface area contributed by atoms with Crippen LogP contribution in [0.2, 0.25) is 0 Å². The molecule has 3 rings (SSSR count). The largest absolute Gasteiger partial charge is 0.349 e. The summed E-state index contributed by atoms with van der Waals surface area (Å²) in [5, 5.41) is 3.00. The fraction of sp³-hybridized carbons (Fsp3) is 0.444. The van der Waals surface area contributed by atoms with Crippen molar-refractivity contribution in [2.24, 2.45) is 7.05 Å². The molecule has 0 fully saturated rings. The maximum Gasteiger partial charge on any atom is 0.220 e. The van der Waals surface area contributed by atoms with E-state index in [1.54, 1.807) is 0 Å². The molecular formula is C18H23N3O. The van der Waals surface area contributed by atoms with E-state index in [4.69, 9.17) is 0 Å². The fourth-order valence-corrected chi connectivity index (χ4v) is 3.07. The Hall–Kier alpha value is -2.10. The molecule has 0 radical (unpaired) electrons. The zero-order valence-electron chi connectivity index (χ0n) is 13.1. The van der Waals surface area contributed by atoms with Crippen LogP contribution in [0.3, 0.4) is 0 Å². The Balaban J connectivity index is 1.52. The molecule has 1 N–H and O–H groups in total. The topological polar surface area (TPSA) is 46.9 Å². The number of carbonyl (C=O) groups is 1. The summed E-state index contributed by atoms with van der Waals surface area (Å²) in [6, 6.07) is 10.1. The molecule has 0 atom stereocenters. The maximum absolute atomic E-state index is 12.0. The Kier molecular flexibility index (Phi) is 4.56. The number of amides is 1. The number of nitrogens with one attached hydrogen (secondary N) is 1. The van der Waals surface area contributed by atoms with E-state index < -0.39 is 0 Å². The molecule has 1 amide bonds. The van der Waals surface area contributed by atoms with E-state index in [1.807, 2.05) is 18.2 Å². The third kappa shape index (κ3) is 3.38. The molecule has 22 heavy (non-hydrogen) atoms. The normalized spacial score (nSPS) is 13.7. The molecule has 1 aromatic carbocycles. The van der Waals surface area contributed by atoms with Crippen LogP contribution in [0.25, 0.3) is 0 Å². The second-order valence-electron chi connectivity index (χ2n) is 5.95. The molecule has 0 spiro atoms. The second kappa shape index (κ2) is 6.77. The smallest absolute Gasteiger partial charge is 0.220 e. The van der Waals surface area contributed by atoms with Gasteiger partial charge in [0, 0.05) is 19.2 Å². The molecule has 4 heteroatoms. The van der Waals surface area contributed by atoms with Gasteiger partial charge in [0.2, 0.25) is 5.91 Å². The zero-order valence-corrected chi connectivity index (χ0v) is 13.1. The van der Waals surface area contributed by atoms with Crippen LogP contribution in [0.15, 0.2) is 30.3 Å². The lowest BCUT2D eigenvalue weighted by Crippen LogP contribution is -2.24. The Morgan fingerprint density at radius 3 is 2.77 bits per heavy atom. The van der Waals surface area contributed by atoms with Crippen LogP contribution in [0, 0.1) is 0 Å². The van der Waals surface area contributed by atoms with Gasteiger partial charge in [0.25, 0.3) is 0 Å². The van der Waals surface area contributed by atoms with Crippen molar-refractivity contribution in [2.45, 2.75) is 45.1 Å². The van der Waals surface area contributed by atoms with Gasteiger partial charge in [0.15, 0.2) is 0 Å². The fourth-order valence-electron chi connectivity index (χ4n) is 3.07. The van der Waals surface area contributed by atoms with Gasteiger partial charge in [-0.2, -0.15) is 0 Å². The van der Waals surface area contributed by atoms with Crippen LogP contribution in [-0.4, -0.2) is 15.5 Å². The minimum Gasteiger partial charge on any atom is -0.349 e. The highest BCUT2D eigenvalue weighted by atomic mass is 16.1. The van der Waals surface area contributed by atoms with E-state index in [1.165, 1.54) is 29.8 Å². The number of hydrogen-bond acceptors (Lipinski definition) is 2. The number of rotatable bonds is 5. The minimum atomic E-state index is 0.0878. The molecule has 1 aliphatic carbocycles. The molecular weight excluding hydrogens is 274 g/mol. The van der Waals surface area contributed by atoms with Crippen molar-refractivity contribution in [3.63, 3.8) is 0 Å². The van der Waals surface area contributed by atoms with E-state index in [9.17, 15) is 4.79 Å². The van der Waals surface area contributed by atoms with Gasteiger partial charge in [-0.25, -0.2) is 4.98 Å². The predicted molar refractivity (Wildman–Crippen MR) is 86.5 cm³/mol. The lowest BCUT2D eigenvalue weighted by Gasteiger charge is -2.11. The first kappa shape index (κ1) is 14.8. The van der Waals surface area contributed by atoms with Gasteiger partial charge in [0.1, 0.15) is 5.82 Å². The SMILES string of the molecule is Cn1c(CNC(=O)CCc2ccccc2)nc2c1CCCC2. The van der Waals surface area contributed by atoms with E-state index >= 15 is 0 Å². The standard InChI is InChI=1S/C18H23N3O/c1-21-16-10-6-5-9-15(16)20-17(21)13-19-18(22)12-11-14-7-3-2-4-8-14/h2-4,7-8H,5-6,9-13H2,1H3,(H,19,22). The van der Waals surface area contributed by atoms with E-state index in [-0.39, 0.29) is 5.91 Å². The second-order valence-corrected chi connectivity index (χ2v) is 5.95. The third-order valence-corrected chi connectivity index (χ3v) is 4.39. The lowest BCUT2D eigenvalue weighted by atomic mass is 10.0. The van der Waals surface area contributed by atoms with Crippen LogP contribution in [0.4, 0.5) is 0 Å². The van der Waals surface area contributed by atoms with Crippen LogP contribution in [-0.2, 0) is 37.6 Å². The summed E-state index contributed by atoms with van der Waals surface area (Å²) in [5.41, 5.74) is 3.77. The summed E-state index contributed by atoms with van der Waals surface area (Å²) in [6.07, 6.45) is 5.96. The van der Waals surface area contributed by atoms with Crippen LogP contribution in [0.5, 0.6) is 0 Å². The average Bonchev–Trinajstić information content (AvgIpc) is 2.88. The van der Waals surface area contributed by atoms with Crippen molar-refractivity contribution < 1.29 is 4.79 Å². The summed E-state index contributed by atoms with van der Waals surface area (Å²) in [7, 11) is 2.06. The van der Waals surface area contributed by atoms with Crippen molar-refractivity contribution >= 4 is 5.91 Å². The Bertz CT molecular complexity index is 646. The number of aromatic nitrogens is 2. The van der Waals surface area contributed by atoms with E-state index in [2.05, 4.69) is 34.0 Å². The van der Waals surface area contributed by atoms with Crippen LogP contribution < -0.4 is 5.32 Å². The summed E-state index contributed by atoms with van der Waals surface area (Å²) in [6.45, 7) is 0.525. The molecule has 116 valence electrons. The van der Waals surface area contributed by atoms with Gasteiger partial charge in [-0.05, 0) is 37.7 Å². The predicted octanol–water partition coefficient (Wildman–Crippen LogP) is 2.55. The Labute approximate surface area is 131 Å². The highest BCUT2D eigenvalue weighted by Gasteiger charge is 2.17. The van der Waals surface area contributed by atoms with E-state index in [0.717, 1.165) is 25.1 Å². The van der Waals surface area contributed by atoms with Crippen molar-refractivity contribution in [1.82, 2.24) is 14.9 Å². The summed E-state index contributed by atoms with van der Waals surface area (Å²) >= 11 is 0. The summed E-state index contributed by atoms with van der Waals surface area (Å²) < 4.78 is 2.16. The molecule has 0 aliphatic heterocycles. The summed E-state index contributed by atoms with van der Waals surface area (Å²) in [5.74, 6) is 1.06. The molecule has 0 unspecified atom stereocenters. The highest BCUT2D eigenvalue weighted by molar-refractivity contribution is 5.76. The van der Waals surface area contributed by atoms with Gasteiger partial charge in [0.05, 0.1) is 12.2 Å². The number of nitrogens with zero attached hydrogens (tertiary/aromatic N) is 2. The molecule has 4 nitrogen and oxygen atoms in total. The van der Waals surface area contributed by atoms with Crippen molar-refractivity contribution in [3.05, 3.63) is 53.1 Å². The average molecular weight is 297 g/mol. The molecule has 1 aromatic heterocycles. The number of aryl methyl sites for hydroxylation is 2. The zero-order chi connectivity index (χ0) is 15.4. The number of hydrogen-bond donors (Lipinski definition) is 1. The number of imidazole rings is 1. The van der Waals surface area contributed by atoms with E-state index in [0.29, 0.717) is 13.0 Å². The van der Waals surface area contributed by atoms with Crippen molar-refractivity contribution in [3.8, 4) is 0 Å². The first-order chi connectivity index (χ1) is 10.7. The van der Waals surface area contributed by atoms with Gasteiger partial charge in [-0.1, -0.05) is 30.3 Å². The molecule has 0 bridgehead atoms. The first-order valence-electron chi connectivity index (χ1n) is 8.08. The Morgan fingerprint density at radius 2 is 2.00 bits per heavy atom. The molecule has 1 aliphatic rings. The maximum atomic E-state index is 12.0. The summed E-state index contributed by atoms with van der Waals surface area (Å²) in [4.78, 5) is 16.7. The molecule has 2 aromatic rings. The van der Waals surface area contributed by atoms with Crippen molar-refractivity contribution in [2.75, 3.05) is 0 Å². The molecule has 0 saturated carbocycles.